The molecule has 1 fully saturated rings. The zero-order valence-corrected chi connectivity index (χ0v) is 17.5. The summed E-state index contributed by atoms with van der Waals surface area (Å²) in [5.41, 5.74) is 13.6. The van der Waals surface area contributed by atoms with Crippen molar-refractivity contribution in [3.05, 3.63) is 53.5 Å². The fourth-order valence-corrected chi connectivity index (χ4v) is 3.80. The third-order valence-electron chi connectivity index (χ3n) is 5.36. The number of carbonyl (C=O) groups excluding carboxylic acids is 1. The molecule has 0 spiro atoms. The van der Waals surface area contributed by atoms with Crippen LogP contribution in [0, 0.1) is 24.2 Å². The number of carbonyl (C=O) groups is 1. The quantitative estimate of drug-likeness (QED) is 0.588. The minimum absolute atomic E-state index is 0.124. The normalized spacial score (nSPS) is 15.9. The molecule has 1 aliphatic rings. The highest BCUT2D eigenvalue weighted by Crippen LogP contribution is 2.33. The highest BCUT2D eigenvalue weighted by molar-refractivity contribution is 6.03. The lowest BCUT2D eigenvalue weighted by Gasteiger charge is -2.29. The Kier molecular flexibility index (Phi) is 5.64. The van der Waals surface area contributed by atoms with Gasteiger partial charge in [-0.25, -0.2) is 14.1 Å². The molecule has 0 aliphatic carbocycles. The highest BCUT2D eigenvalue weighted by atomic mass is 19.1. The summed E-state index contributed by atoms with van der Waals surface area (Å²) < 4.78 is 21.1. The number of rotatable bonds is 5. The molecule has 9 nitrogen and oxygen atoms in total. The van der Waals surface area contributed by atoms with Gasteiger partial charge < -0.3 is 21.1 Å². The van der Waals surface area contributed by atoms with Crippen LogP contribution in [0.15, 0.2) is 36.5 Å². The van der Waals surface area contributed by atoms with E-state index in [1.807, 2.05) is 0 Å². The number of aromatic nitrogens is 3. The molecular weight excluding hydrogens is 413 g/mol. The molecule has 1 aromatic carbocycles. The van der Waals surface area contributed by atoms with Gasteiger partial charge in [-0.1, -0.05) is 0 Å². The van der Waals surface area contributed by atoms with E-state index in [0.717, 1.165) is 12.8 Å². The second kappa shape index (κ2) is 8.55. The van der Waals surface area contributed by atoms with E-state index in [0.29, 0.717) is 35.7 Å². The summed E-state index contributed by atoms with van der Waals surface area (Å²) in [6, 6.07) is 7.80. The Labute approximate surface area is 184 Å². The van der Waals surface area contributed by atoms with Gasteiger partial charge in [0, 0.05) is 18.3 Å². The van der Waals surface area contributed by atoms with Crippen LogP contribution in [0.5, 0.6) is 11.6 Å². The number of halogens is 1. The average Bonchev–Trinajstić information content (AvgIpc) is 3.13. The Morgan fingerprint density at radius 3 is 2.75 bits per heavy atom. The molecule has 1 unspecified atom stereocenters. The first-order valence-corrected chi connectivity index (χ1v) is 10.1. The first-order chi connectivity index (χ1) is 15.4. The van der Waals surface area contributed by atoms with Crippen molar-refractivity contribution in [1.82, 2.24) is 19.7 Å². The van der Waals surface area contributed by atoms with Gasteiger partial charge >= 0.3 is 0 Å². The summed E-state index contributed by atoms with van der Waals surface area (Å²) in [5.74, 6) is -0.843. The number of nitrogens with zero attached hydrogens (tertiary/aromatic N) is 5. The van der Waals surface area contributed by atoms with E-state index in [4.69, 9.17) is 16.2 Å². The molecule has 3 heterocycles. The fraction of sp³-hybridized carbons (Fsp3) is 0.273. The largest absolute Gasteiger partial charge is 0.436 e. The summed E-state index contributed by atoms with van der Waals surface area (Å²) >= 11 is 0. The molecular formula is C22H22FN7O2. The predicted octanol–water partition coefficient (Wildman–Crippen LogP) is 2.98. The predicted molar refractivity (Wildman–Crippen MR) is 115 cm³/mol. The fourth-order valence-electron chi connectivity index (χ4n) is 3.80. The number of pyridine rings is 1. The number of hydrogen-bond acceptors (Lipinski definition) is 7. The van der Waals surface area contributed by atoms with Gasteiger partial charge in [-0.05, 0) is 55.7 Å². The first kappa shape index (κ1) is 21.1. The van der Waals surface area contributed by atoms with Crippen LogP contribution in [0.2, 0.25) is 0 Å². The van der Waals surface area contributed by atoms with Crippen molar-refractivity contribution in [2.24, 2.45) is 5.73 Å². The van der Waals surface area contributed by atoms with Crippen molar-refractivity contribution in [1.29, 1.82) is 5.26 Å². The Hall–Kier alpha value is -4.13. The number of amides is 1. The van der Waals surface area contributed by atoms with Gasteiger partial charge in [-0.3, -0.25) is 4.79 Å². The summed E-state index contributed by atoms with van der Waals surface area (Å²) in [4.78, 5) is 17.8. The summed E-state index contributed by atoms with van der Waals surface area (Å²) in [5, 5.41) is 13.8. The van der Waals surface area contributed by atoms with Gasteiger partial charge in [-0.2, -0.15) is 10.4 Å². The molecule has 0 saturated carbocycles. The lowest BCUT2D eigenvalue weighted by Crippen LogP contribution is -2.34. The topological polar surface area (TPSA) is 136 Å². The molecule has 1 aliphatic heterocycles. The molecule has 2 aromatic heterocycles. The van der Waals surface area contributed by atoms with E-state index in [-0.39, 0.29) is 23.3 Å². The molecule has 0 radical (unpaired) electrons. The highest BCUT2D eigenvalue weighted by Gasteiger charge is 2.28. The van der Waals surface area contributed by atoms with Crippen LogP contribution in [0.1, 0.15) is 34.8 Å². The van der Waals surface area contributed by atoms with Gasteiger partial charge in [-0.15, -0.1) is 0 Å². The van der Waals surface area contributed by atoms with Crippen LogP contribution in [-0.2, 0) is 0 Å². The Morgan fingerprint density at radius 1 is 1.34 bits per heavy atom. The number of nitrogens with two attached hydrogens (primary N) is 2. The molecule has 32 heavy (non-hydrogen) atoms. The van der Waals surface area contributed by atoms with Gasteiger partial charge in [0.05, 0.1) is 12.6 Å². The van der Waals surface area contributed by atoms with E-state index in [1.54, 1.807) is 40.8 Å². The number of aryl methyl sites for hydroxylation is 1. The van der Waals surface area contributed by atoms with E-state index < -0.39 is 11.7 Å². The van der Waals surface area contributed by atoms with Crippen LogP contribution in [0.25, 0.3) is 11.3 Å². The maximum absolute atomic E-state index is 14.0. The number of ether oxygens (including phenoxy) is 1. The summed E-state index contributed by atoms with van der Waals surface area (Å²) in [6.07, 6.45) is 5.26. The van der Waals surface area contributed by atoms with E-state index in [1.165, 1.54) is 12.3 Å². The number of nitrogen functional groups attached to an aromatic ring is 1. The van der Waals surface area contributed by atoms with Gasteiger partial charge in [0.25, 0.3) is 11.8 Å². The number of nitriles is 1. The minimum atomic E-state index is -0.692. The molecule has 3 aromatic rings. The smallest absolute Gasteiger partial charge is 0.255 e. The van der Waals surface area contributed by atoms with Gasteiger partial charge in [0.1, 0.15) is 22.8 Å². The maximum atomic E-state index is 14.0. The SMILES string of the molecule is Cc1cnc(Oc2ccc(-c3nn(C4CCCN(C#N)C4)c(N)c3C(N)=O)cc2)c(F)c1. The molecule has 0 bridgehead atoms. The summed E-state index contributed by atoms with van der Waals surface area (Å²) in [6.45, 7) is 2.88. The summed E-state index contributed by atoms with van der Waals surface area (Å²) in [7, 11) is 0. The van der Waals surface area contributed by atoms with Crippen molar-refractivity contribution in [3.63, 3.8) is 0 Å². The molecule has 4 rings (SSSR count). The number of primary amides is 1. The Bertz CT molecular complexity index is 1200. The molecule has 1 amide bonds. The number of hydrogen-bond donors (Lipinski definition) is 2. The van der Waals surface area contributed by atoms with Crippen LogP contribution >= 0.6 is 0 Å². The molecule has 1 atom stereocenters. The van der Waals surface area contributed by atoms with Crippen molar-refractivity contribution in [2.45, 2.75) is 25.8 Å². The maximum Gasteiger partial charge on any atom is 0.255 e. The number of benzene rings is 1. The first-order valence-electron chi connectivity index (χ1n) is 10.1. The third-order valence-corrected chi connectivity index (χ3v) is 5.36. The average molecular weight is 435 g/mol. The monoisotopic (exact) mass is 435 g/mol. The van der Waals surface area contributed by atoms with Crippen LogP contribution in [-0.4, -0.2) is 38.7 Å². The van der Waals surface area contributed by atoms with E-state index in [9.17, 15) is 14.4 Å². The third kappa shape index (κ3) is 4.05. The van der Waals surface area contributed by atoms with Crippen molar-refractivity contribution in [3.8, 4) is 29.1 Å². The van der Waals surface area contributed by atoms with Crippen LogP contribution < -0.4 is 16.2 Å². The van der Waals surface area contributed by atoms with Crippen molar-refractivity contribution >= 4 is 11.7 Å². The molecule has 1 saturated heterocycles. The minimum Gasteiger partial charge on any atom is -0.436 e. The van der Waals surface area contributed by atoms with Crippen molar-refractivity contribution < 1.29 is 13.9 Å². The zero-order chi connectivity index (χ0) is 22.8. The number of likely N-dealkylation sites (tertiary alicyclic amines) is 1. The van der Waals surface area contributed by atoms with Gasteiger partial charge in [0.15, 0.2) is 12.0 Å². The molecule has 164 valence electrons. The second-order valence-electron chi connectivity index (χ2n) is 7.69. The van der Waals surface area contributed by atoms with Crippen LogP contribution in [0.4, 0.5) is 10.2 Å². The van der Waals surface area contributed by atoms with E-state index >= 15 is 0 Å². The Balaban J connectivity index is 1.64. The van der Waals surface area contributed by atoms with Crippen LogP contribution in [0.3, 0.4) is 0 Å². The Morgan fingerprint density at radius 2 is 2.09 bits per heavy atom. The van der Waals surface area contributed by atoms with E-state index in [2.05, 4.69) is 16.3 Å². The lowest BCUT2D eigenvalue weighted by molar-refractivity contribution is 0.100. The number of piperidine rings is 1. The van der Waals surface area contributed by atoms with Gasteiger partial charge in [0.2, 0.25) is 0 Å². The molecule has 4 N–H and O–H groups in total. The van der Waals surface area contributed by atoms with Crippen molar-refractivity contribution in [2.75, 3.05) is 18.8 Å². The molecule has 10 heteroatoms. The second-order valence-corrected chi connectivity index (χ2v) is 7.69. The number of anilines is 1. The standard InChI is InChI=1S/C22H22FN7O2/c1-13-9-17(23)22(27-10-13)32-16-6-4-14(5-7-16)19-18(21(26)31)20(25)30(28-19)15-3-2-8-29(11-15)12-24/h4-7,9-10,15H,2-3,8,11,25H2,1H3,(H2,26,31). The zero-order valence-electron chi connectivity index (χ0n) is 17.5. The lowest BCUT2D eigenvalue weighted by atomic mass is 10.1.